The van der Waals surface area contributed by atoms with E-state index in [0.717, 1.165) is 5.56 Å². The fourth-order valence-corrected chi connectivity index (χ4v) is 7.52. The molecule has 2 saturated heterocycles. The molecule has 2 fully saturated rings. The molecule has 2 aromatic carbocycles. The molecular weight excluding hydrogens is 458 g/mol. The van der Waals surface area contributed by atoms with Crippen molar-refractivity contribution in [2.45, 2.75) is 40.8 Å². The highest BCUT2D eigenvalue weighted by atomic mass is 79.9. The van der Waals surface area contributed by atoms with Crippen molar-refractivity contribution in [3.05, 3.63) is 60.2 Å². The molecule has 7 nitrogen and oxygen atoms in total. The van der Waals surface area contributed by atoms with E-state index in [2.05, 4.69) is 21.2 Å². The van der Waals surface area contributed by atoms with Gasteiger partial charge >= 0.3 is 0 Å². The summed E-state index contributed by atoms with van der Waals surface area (Å²) in [6.45, 7) is 1.61. The summed E-state index contributed by atoms with van der Waals surface area (Å²) in [5, 5.41) is 2.70. The lowest BCUT2D eigenvalue weighted by Gasteiger charge is -2.40. The van der Waals surface area contributed by atoms with Crippen molar-refractivity contribution in [1.82, 2.24) is 10.2 Å². The standard InChI is InChI=1S/C20H18BrN3O4S/c1-12-18(26)23-16(17(25)22-12)11-20(21)14-9-5-6-10-15(14)24(19(20)23)29(27,28)13-7-3-2-4-8-13/h2-10,12,16,19H,11H2,1H3,(H,22,25)/t12-,16-,19-,20-/m0/s1. The van der Waals surface area contributed by atoms with Gasteiger partial charge in [-0.25, -0.2) is 12.7 Å². The third-order valence-electron chi connectivity index (χ3n) is 5.90. The Bertz CT molecular complexity index is 1140. The number of nitrogens with zero attached hydrogens (tertiary/aromatic N) is 2. The molecule has 0 spiro atoms. The maximum Gasteiger partial charge on any atom is 0.266 e. The number of para-hydroxylation sites is 1. The third kappa shape index (κ3) is 2.37. The fourth-order valence-electron chi connectivity index (χ4n) is 4.63. The minimum absolute atomic E-state index is 0.136. The normalized spacial score (nSPS) is 30.6. The molecule has 150 valence electrons. The fraction of sp³-hybridized carbons (Fsp3) is 0.300. The lowest BCUT2D eigenvalue weighted by atomic mass is 9.96. The first-order valence-corrected chi connectivity index (χ1v) is 11.5. The SMILES string of the molecule is C[C@@H]1NC(=O)[C@@H]2C[C@]3(Br)c4ccccc4N(S(=O)(=O)c4ccccc4)[C@@H]3N2C1=O. The number of sulfonamides is 1. The van der Waals surface area contributed by atoms with E-state index in [0.29, 0.717) is 12.1 Å². The quantitative estimate of drug-likeness (QED) is 0.672. The van der Waals surface area contributed by atoms with Gasteiger partial charge in [0.1, 0.15) is 18.2 Å². The van der Waals surface area contributed by atoms with Crippen LogP contribution >= 0.6 is 15.9 Å². The summed E-state index contributed by atoms with van der Waals surface area (Å²) in [4.78, 5) is 27.3. The van der Waals surface area contributed by atoms with Gasteiger partial charge < -0.3 is 10.2 Å². The van der Waals surface area contributed by atoms with Crippen LogP contribution < -0.4 is 9.62 Å². The van der Waals surface area contributed by atoms with Gasteiger partial charge in [-0.2, -0.15) is 0 Å². The average Bonchev–Trinajstić information content (AvgIpc) is 3.15. The van der Waals surface area contributed by atoms with Crippen LogP contribution in [0, 0.1) is 0 Å². The summed E-state index contributed by atoms with van der Waals surface area (Å²) in [7, 11) is -3.98. The van der Waals surface area contributed by atoms with Crippen molar-refractivity contribution in [2.24, 2.45) is 0 Å². The van der Waals surface area contributed by atoms with Gasteiger partial charge in [-0.05, 0) is 30.7 Å². The topological polar surface area (TPSA) is 86.8 Å². The summed E-state index contributed by atoms with van der Waals surface area (Å²) in [5.74, 6) is -0.554. The summed E-state index contributed by atoms with van der Waals surface area (Å²) in [5.41, 5.74) is 1.27. The average molecular weight is 476 g/mol. The van der Waals surface area contributed by atoms with Crippen molar-refractivity contribution >= 4 is 43.5 Å². The molecule has 0 unspecified atom stereocenters. The van der Waals surface area contributed by atoms with Gasteiger partial charge in [-0.3, -0.25) is 9.59 Å². The molecular formula is C20H18BrN3O4S. The number of amides is 2. The molecule has 5 rings (SSSR count). The molecule has 0 radical (unpaired) electrons. The van der Waals surface area contributed by atoms with Crippen LogP contribution in [0.2, 0.25) is 0 Å². The Labute approximate surface area is 176 Å². The first-order chi connectivity index (χ1) is 13.8. The van der Waals surface area contributed by atoms with Crippen LogP contribution in [-0.4, -0.2) is 43.4 Å². The molecule has 0 aliphatic carbocycles. The van der Waals surface area contributed by atoms with Gasteiger partial charge in [-0.1, -0.05) is 52.3 Å². The van der Waals surface area contributed by atoms with Gasteiger partial charge in [0.2, 0.25) is 11.8 Å². The summed E-state index contributed by atoms with van der Waals surface area (Å²) >= 11 is 3.76. The highest BCUT2D eigenvalue weighted by Gasteiger charge is 2.66. The predicted molar refractivity (Wildman–Crippen MR) is 110 cm³/mol. The first kappa shape index (κ1) is 18.6. The van der Waals surface area contributed by atoms with E-state index in [9.17, 15) is 18.0 Å². The van der Waals surface area contributed by atoms with E-state index in [4.69, 9.17) is 0 Å². The second-order valence-electron chi connectivity index (χ2n) is 7.56. The van der Waals surface area contributed by atoms with E-state index >= 15 is 0 Å². The molecule has 1 N–H and O–H groups in total. The number of anilines is 1. The van der Waals surface area contributed by atoms with Crippen molar-refractivity contribution in [1.29, 1.82) is 0 Å². The number of hydrogen-bond acceptors (Lipinski definition) is 4. The number of alkyl halides is 1. The highest BCUT2D eigenvalue weighted by molar-refractivity contribution is 9.09. The molecule has 2 amide bonds. The number of piperazine rings is 1. The number of fused-ring (bicyclic) bond motifs is 5. The van der Waals surface area contributed by atoms with Crippen LogP contribution in [0.4, 0.5) is 5.69 Å². The summed E-state index contributed by atoms with van der Waals surface area (Å²) in [6.07, 6.45) is -0.573. The Kier molecular flexibility index (Phi) is 3.89. The van der Waals surface area contributed by atoms with Gasteiger partial charge in [0, 0.05) is 6.42 Å². The summed E-state index contributed by atoms with van der Waals surface area (Å²) in [6, 6.07) is 13.9. The molecule has 0 saturated carbocycles. The van der Waals surface area contributed by atoms with E-state index in [1.54, 1.807) is 37.3 Å². The van der Waals surface area contributed by atoms with Crippen LogP contribution in [0.15, 0.2) is 59.5 Å². The number of carbonyl (C=O) groups excluding carboxylic acids is 2. The second-order valence-corrected chi connectivity index (χ2v) is 10.8. The lowest BCUT2D eigenvalue weighted by molar-refractivity contribution is -0.148. The second kappa shape index (κ2) is 6.06. The number of nitrogens with one attached hydrogen (secondary N) is 1. The number of carbonyl (C=O) groups is 2. The molecule has 29 heavy (non-hydrogen) atoms. The smallest absolute Gasteiger partial charge is 0.266 e. The molecule has 3 heterocycles. The summed E-state index contributed by atoms with van der Waals surface area (Å²) < 4.78 is 27.8. The minimum atomic E-state index is -3.98. The molecule has 4 atom stereocenters. The zero-order chi connectivity index (χ0) is 20.6. The Balaban J connectivity index is 1.75. The molecule has 0 bridgehead atoms. The van der Waals surface area contributed by atoms with Gasteiger partial charge in [0.15, 0.2) is 0 Å². The molecule has 3 aliphatic heterocycles. The Morgan fingerprint density at radius 2 is 1.72 bits per heavy atom. The third-order valence-corrected chi connectivity index (χ3v) is 8.84. The first-order valence-electron chi connectivity index (χ1n) is 9.27. The Morgan fingerprint density at radius 1 is 1.07 bits per heavy atom. The molecule has 9 heteroatoms. The van der Waals surface area contributed by atoms with Crippen LogP contribution in [-0.2, 0) is 23.9 Å². The molecule has 0 aromatic heterocycles. The van der Waals surface area contributed by atoms with Crippen molar-refractivity contribution in [3.63, 3.8) is 0 Å². The molecule has 2 aromatic rings. The highest BCUT2D eigenvalue weighted by Crippen LogP contribution is 2.59. The monoisotopic (exact) mass is 475 g/mol. The van der Waals surface area contributed by atoms with Crippen molar-refractivity contribution in [3.8, 4) is 0 Å². The predicted octanol–water partition coefficient (Wildman–Crippen LogP) is 1.93. The maximum absolute atomic E-state index is 13.7. The molecule has 3 aliphatic rings. The zero-order valence-electron chi connectivity index (χ0n) is 15.4. The van der Waals surface area contributed by atoms with Gasteiger partial charge in [-0.15, -0.1) is 0 Å². The van der Waals surface area contributed by atoms with E-state index in [1.807, 2.05) is 12.1 Å². The van der Waals surface area contributed by atoms with Crippen molar-refractivity contribution in [2.75, 3.05) is 4.31 Å². The van der Waals surface area contributed by atoms with E-state index < -0.39 is 32.6 Å². The van der Waals surface area contributed by atoms with E-state index in [1.165, 1.54) is 21.3 Å². The zero-order valence-corrected chi connectivity index (χ0v) is 17.9. The van der Waals surface area contributed by atoms with Gasteiger partial charge in [0.05, 0.1) is 14.9 Å². The van der Waals surface area contributed by atoms with Gasteiger partial charge in [0.25, 0.3) is 10.0 Å². The lowest BCUT2D eigenvalue weighted by Crippen LogP contribution is -2.65. The Hall–Kier alpha value is -2.39. The van der Waals surface area contributed by atoms with E-state index in [-0.39, 0.29) is 16.7 Å². The van der Waals surface area contributed by atoms with Crippen LogP contribution in [0.1, 0.15) is 18.9 Å². The number of halogens is 1. The maximum atomic E-state index is 13.7. The van der Waals surface area contributed by atoms with Crippen molar-refractivity contribution < 1.29 is 18.0 Å². The van der Waals surface area contributed by atoms with Crippen LogP contribution in [0.3, 0.4) is 0 Å². The minimum Gasteiger partial charge on any atom is -0.343 e. The number of benzene rings is 2. The number of rotatable bonds is 2. The van der Waals surface area contributed by atoms with Crippen LogP contribution in [0.25, 0.3) is 0 Å². The number of hydrogen-bond donors (Lipinski definition) is 1. The Morgan fingerprint density at radius 3 is 2.45 bits per heavy atom. The largest absolute Gasteiger partial charge is 0.343 e. The van der Waals surface area contributed by atoms with Crippen LogP contribution in [0.5, 0.6) is 0 Å².